The van der Waals surface area contributed by atoms with Gasteiger partial charge in [-0.1, -0.05) is 20.8 Å². The van der Waals surface area contributed by atoms with Gasteiger partial charge in [-0.05, 0) is 12.8 Å². The third kappa shape index (κ3) is 2.10. The first-order chi connectivity index (χ1) is 5.75. The maximum atomic E-state index is 11.7. The van der Waals surface area contributed by atoms with Crippen molar-refractivity contribution in [2.24, 2.45) is 5.41 Å². The highest BCUT2D eigenvalue weighted by Gasteiger charge is 2.41. The first-order valence-corrected chi connectivity index (χ1v) is 6.22. The molecule has 1 saturated heterocycles. The largest absolute Gasteiger partial charge is 0.298 e. The number of hydrogen-bond donors (Lipinski definition) is 0. The van der Waals surface area contributed by atoms with Gasteiger partial charge in [-0.2, -0.15) is 0 Å². The van der Waals surface area contributed by atoms with Crippen molar-refractivity contribution in [3.8, 4) is 0 Å². The summed E-state index contributed by atoms with van der Waals surface area (Å²) in [6, 6.07) is 0. The summed E-state index contributed by atoms with van der Waals surface area (Å²) in [7, 11) is -3.12. The maximum Gasteiger partial charge on any atom is 0.160 e. The SMILES string of the molecule is CC(C)(C)C(=O)C1CCCS1(=O)=O. The minimum Gasteiger partial charge on any atom is -0.298 e. The summed E-state index contributed by atoms with van der Waals surface area (Å²) in [5.41, 5.74) is -0.540. The molecule has 0 N–H and O–H groups in total. The molecule has 0 radical (unpaired) electrons. The standard InChI is InChI=1S/C9H16O3S/c1-9(2,3)8(10)7-5-4-6-13(7,11)12/h7H,4-6H2,1-3H3. The molecule has 1 rings (SSSR count). The second-order valence-corrected chi connectivity index (χ2v) is 6.92. The number of carbonyl (C=O) groups is 1. The molecule has 0 bridgehead atoms. The van der Waals surface area contributed by atoms with E-state index in [1.165, 1.54) is 0 Å². The van der Waals surface area contributed by atoms with E-state index in [9.17, 15) is 13.2 Å². The number of carbonyl (C=O) groups excluding carboxylic acids is 1. The van der Waals surface area contributed by atoms with Gasteiger partial charge in [-0.3, -0.25) is 4.79 Å². The third-order valence-electron chi connectivity index (χ3n) is 2.36. The highest BCUT2D eigenvalue weighted by Crippen LogP contribution is 2.28. The maximum absolute atomic E-state index is 11.7. The van der Waals surface area contributed by atoms with E-state index in [2.05, 4.69) is 0 Å². The Labute approximate surface area is 79.4 Å². The molecular weight excluding hydrogens is 188 g/mol. The molecule has 76 valence electrons. The summed E-state index contributed by atoms with van der Waals surface area (Å²) in [6.45, 7) is 5.30. The van der Waals surface area contributed by atoms with Crippen molar-refractivity contribution in [3.63, 3.8) is 0 Å². The number of rotatable bonds is 1. The van der Waals surface area contributed by atoms with E-state index in [0.29, 0.717) is 12.8 Å². The lowest BCUT2D eigenvalue weighted by Gasteiger charge is -2.20. The van der Waals surface area contributed by atoms with Crippen molar-refractivity contribution in [3.05, 3.63) is 0 Å². The highest BCUT2D eigenvalue weighted by atomic mass is 32.2. The molecule has 0 aromatic heterocycles. The summed E-state index contributed by atoms with van der Waals surface area (Å²) in [4.78, 5) is 11.7. The van der Waals surface area contributed by atoms with Gasteiger partial charge in [-0.25, -0.2) is 8.42 Å². The molecule has 1 fully saturated rings. The molecule has 1 aliphatic rings. The van der Waals surface area contributed by atoms with Crippen LogP contribution in [0.5, 0.6) is 0 Å². The van der Waals surface area contributed by atoms with Crippen molar-refractivity contribution < 1.29 is 13.2 Å². The first kappa shape index (κ1) is 10.7. The van der Waals surface area contributed by atoms with Crippen LogP contribution in [-0.4, -0.2) is 25.2 Å². The Balaban J connectivity index is 2.92. The highest BCUT2D eigenvalue weighted by molar-refractivity contribution is 7.93. The van der Waals surface area contributed by atoms with E-state index < -0.39 is 20.5 Å². The first-order valence-electron chi connectivity index (χ1n) is 4.51. The Morgan fingerprint density at radius 2 is 1.85 bits per heavy atom. The molecule has 0 saturated carbocycles. The summed E-state index contributed by atoms with van der Waals surface area (Å²) in [6.07, 6.45) is 1.15. The monoisotopic (exact) mass is 204 g/mol. The van der Waals surface area contributed by atoms with Crippen molar-refractivity contribution in [1.29, 1.82) is 0 Å². The van der Waals surface area contributed by atoms with Gasteiger partial charge < -0.3 is 0 Å². The van der Waals surface area contributed by atoms with Crippen LogP contribution in [0.4, 0.5) is 0 Å². The Kier molecular flexibility index (Phi) is 2.54. The number of sulfone groups is 1. The molecule has 3 nitrogen and oxygen atoms in total. The Morgan fingerprint density at radius 3 is 2.15 bits per heavy atom. The zero-order chi connectivity index (χ0) is 10.3. The zero-order valence-corrected chi connectivity index (χ0v) is 9.15. The van der Waals surface area contributed by atoms with Gasteiger partial charge in [0.1, 0.15) is 5.25 Å². The molecular formula is C9H16O3S. The van der Waals surface area contributed by atoms with Gasteiger partial charge in [0, 0.05) is 5.41 Å². The molecule has 0 spiro atoms. The van der Waals surface area contributed by atoms with Gasteiger partial charge in [-0.15, -0.1) is 0 Å². The Morgan fingerprint density at radius 1 is 1.31 bits per heavy atom. The van der Waals surface area contributed by atoms with Crippen LogP contribution in [0.25, 0.3) is 0 Å². The van der Waals surface area contributed by atoms with E-state index in [-0.39, 0.29) is 11.5 Å². The summed E-state index contributed by atoms with van der Waals surface area (Å²) in [5, 5.41) is -0.729. The van der Waals surface area contributed by atoms with Gasteiger partial charge in [0.15, 0.2) is 15.6 Å². The molecule has 1 unspecified atom stereocenters. The second kappa shape index (κ2) is 3.08. The van der Waals surface area contributed by atoms with Crippen LogP contribution in [-0.2, 0) is 14.6 Å². The Hall–Kier alpha value is -0.380. The zero-order valence-electron chi connectivity index (χ0n) is 8.33. The molecule has 1 heterocycles. The predicted molar refractivity (Wildman–Crippen MR) is 51.3 cm³/mol. The van der Waals surface area contributed by atoms with Crippen molar-refractivity contribution in [2.45, 2.75) is 38.9 Å². The van der Waals surface area contributed by atoms with Crippen LogP contribution >= 0.6 is 0 Å². The lowest BCUT2D eigenvalue weighted by molar-refractivity contribution is -0.125. The van der Waals surface area contributed by atoms with E-state index in [4.69, 9.17) is 0 Å². The predicted octanol–water partition coefficient (Wildman–Crippen LogP) is 1.18. The second-order valence-electron chi connectivity index (χ2n) is 4.61. The molecule has 4 heteroatoms. The fourth-order valence-electron chi connectivity index (χ4n) is 1.57. The topological polar surface area (TPSA) is 51.2 Å². The quantitative estimate of drug-likeness (QED) is 0.644. The number of Topliss-reactive ketones (excluding diaryl/α,β-unsaturated/α-hetero) is 1. The van der Waals surface area contributed by atoms with Crippen LogP contribution in [0.15, 0.2) is 0 Å². The Bertz CT molecular complexity index is 308. The normalized spacial score (nSPS) is 27.5. The van der Waals surface area contributed by atoms with Gasteiger partial charge in [0.05, 0.1) is 5.75 Å². The fraction of sp³-hybridized carbons (Fsp3) is 0.889. The molecule has 1 atom stereocenters. The van der Waals surface area contributed by atoms with Crippen LogP contribution in [0.2, 0.25) is 0 Å². The van der Waals surface area contributed by atoms with E-state index >= 15 is 0 Å². The van der Waals surface area contributed by atoms with E-state index in [0.717, 1.165) is 0 Å². The van der Waals surface area contributed by atoms with Crippen LogP contribution < -0.4 is 0 Å². The summed E-state index contributed by atoms with van der Waals surface area (Å²) in [5.74, 6) is 0.0458. The van der Waals surface area contributed by atoms with Crippen molar-refractivity contribution >= 4 is 15.6 Å². The number of ketones is 1. The molecule has 0 aromatic rings. The average Bonchev–Trinajstić information content (AvgIpc) is 2.26. The molecule has 13 heavy (non-hydrogen) atoms. The van der Waals surface area contributed by atoms with Crippen molar-refractivity contribution in [1.82, 2.24) is 0 Å². The number of hydrogen-bond acceptors (Lipinski definition) is 3. The average molecular weight is 204 g/mol. The van der Waals surface area contributed by atoms with Crippen LogP contribution in [0.3, 0.4) is 0 Å². The lowest BCUT2D eigenvalue weighted by atomic mass is 9.88. The van der Waals surface area contributed by atoms with Crippen LogP contribution in [0, 0.1) is 5.41 Å². The minimum atomic E-state index is -3.12. The molecule has 0 aliphatic carbocycles. The third-order valence-corrected chi connectivity index (χ3v) is 4.53. The molecule has 0 amide bonds. The van der Waals surface area contributed by atoms with Crippen molar-refractivity contribution in [2.75, 3.05) is 5.75 Å². The molecule has 0 aromatic carbocycles. The smallest absolute Gasteiger partial charge is 0.160 e. The van der Waals surface area contributed by atoms with Gasteiger partial charge in [0.2, 0.25) is 0 Å². The summed E-state index contributed by atoms with van der Waals surface area (Å²) >= 11 is 0. The van der Waals surface area contributed by atoms with Gasteiger partial charge >= 0.3 is 0 Å². The summed E-state index contributed by atoms with van der Waals surface area (Å²) < 4.78 is 22.9. The fourth-order valence-corrected chi connectivity index (χ4v) is 3.63. The van der Waals surface area contributed by atoms with Gasteiger partial charge in [0.25, 0.3) is 0 Å². The minimum absolute atomic E-state index is 0.134. The van der Waals surface area contributed by atoms with Crippen LogP contribution in [0.1, 0.15) is 33.6 Å². The lowest BCUT2D eigenvalue weighted by Crippen LogP contribution is -2.35. The molecule has 1 aliphatic heterocycles. The van der Waals surface area contributed by atoms with E-state index in [1.807, 2.05) is 0 Å². The van der Waals surface area contributed by atoms with E-state index in [1.54, 1.807) is 20.8 Å².